The molecule has 0 spiro atoms. The maximum absolute atomic E-state index is 2.42. The van der Waals surface area contributed by atoms with E-state index in [2.05, 4.69) is 409 Å². The van der Waals surface area contributed by atoms with Crippen molar-refractivity contribution in [1.29, 1.82) is 0 Å². The Morgan fingerprint density at radius 1 is 0.143 bits per heavy atom. The molecule has 0 fully saturated rings. The van der Waals surface area contributed by atoms with Gasteiger partial charge in [0.25, 0.3) is 0 Å². The SMILES string of the molecule is CC.CC.CC.CC.CC.CC.CC.CC.CC.CC.CC.CC1(C)c2c(ccc3ccccc23)-c2ccc3cc4ccccc4cc3c21.CC1(C)c2cc3cc4ccccc4cc3cc2-c2ccc3ccccc3c21.CC1(C)c2ccc3c(ccc4ccccc43)c2-c2ccc3ccccc3c21.CC1(C)c2ccc3cc4ccccc4cc3c2-c2ccc3ccccc3c21.CCC. The third-order valence-electron chi connectivity index (χ3n) is 25.5. The highest BCUT2D eigenvalue weighted by Crippen LogP contribution is 2.59. The maximum atomic E-state index is 2.42. The van der Waals surface area contributed by atoms with Crippen LogP contribution in [0.2, 0.25) is 0 Å². The highest BCUT2D eigenvalue weighted by atomic mass is 14.4. The van der Waals surface area contributed by atoms with Crippen molar-refractivity contribution in [2.24, 2.45) is 0 Å². The average molecular weight is 1750 g/mol. The molecule has 0 unspecified atom stereocenters. The molecular weight excluding hydrogens is 1600 g/mol. The number of rotatable bonds is 0. The Kier molecular flexibility index (Phi) is 37.0. The Bertz CT molecular complexity index is 7140. The molecular formula is C133H154. The summed E-state index contributed by atoms with van der Waals surface area (Å²) in [7, 11) is 0. The third kappa shape index (κ3) is 19.4. The van der Waals surface area contributed by atoms with Gasteiger partial charge in [-0.1, -0.05) is 519 Å². The van der Waals surface area contributed by atoms with E-state index < -0.39 is 0 Å². The smallest absolute Gasteiger partial charge is 0.0171 e. The van der Waals surface area contributed by atoms with Crippen LogP contribution in [0.15, 0.2) is 340 Å². The van der Waals surface area contributed by atoms with Crippen LogP contribution in [-0.4, -0.2) is 0 Å². The summed E-state index contributed by atoms with van der Waals surface area (Å²) in [4.78, 5) is 0. The Morgan fingerprint density at radius 2 is 0.368 bits per heavy atom. The van der Waals surface area contributed by atoms with Crippen LogP contribution in [0.4, 0.5) is 0 Å². The van der Waals surface area contributed by atoms with Gasteiger partial charge < -0.3 is 0 Å². The standard InChI is InChI=1S/4C27H20.C3H8.11C2H6/c1-27(2)24-16-15-21-19-9-5-3-7-17(19)11-13-22(21)25(24)23-14-12-18-8-4-6-10-20(18)26(23)27;1-27(2)24-14-12-20-15-18-8-3-4-9-19(18)16-23(20)25(24)22-13-11-17-7-5-6-10-21(17)26(22)27;1-27(2)25-21-10-6-5-7-17(21)11-13-22(25)23-14-12-20-15-18-8-3-4-9-19(18)16-24(20)26(23)27;1-27(2)25-16-21-14-19-9-4-3-8-18(19)13-20(21)15-24(25)23-12-11-17-7-5-6-10-22(17)26(23)27;1-3-2;11*1-2/h4*3-16H,1-2H3;3H2,1-2H3;11*1-2H3. The van der Waals surface area contributed by atoms with Gasteiger partial charge in [0.15, 0.2) is 0 Å². The molecule has 0 amide bonds. The van der Waals surface area contributed by atoms with Crippen LogP contribution >= 0.6 is 0 Å². The van der Waals surface area contributed by atoms with Gasteiger partial charge in [-0.3, -0.25) is 0 Å². The van der Waals surface area contributed by atoms with E-state index in [1.807, 2.05) is 152 Å². The van der Waals surface area contributed by atoms with Crippen molar-refractivity contribution in [1.82, 2.24) is 0 Å². The zero-order valence-corrected chi connectivity index (χ0v) is 87.0. The lowest BCUT2D eigenvalue weighted by Gasteiger charge is -2.24. The molecule has 133 heavy (non-hydrogen) atoms. The van der Waals surface area contributed by atoms with Gasteiger partial charge in [-0.15, -0.1) is 0 Å². The van der Waals surface area contributed by atoms with Crippen molar-refractivity contribution in [2.45, 2.75) is 250 Å². The minimum Gasteiger partial charge on any atom is -0.0683 e. The molecule has 24 rings (SSSR count). The quantitative estimate of drug-likeness (QED) is 0.105. The van der Waals surface area contributed by atoms with E-state index in [1.54, 1.807) is 0 Å². The first-order valence-corrected chi connectivity index (χ1v) is 50.9. The summed E-state index contributed by atoms with van der Waals surface area (Å²) in [5.74, 6) is 0. The molecule has 20 aromatic rings. The van der Waals surface area contributed by atoms with Crippen molar-refractivity contribution in [3.63, 3.8) is 0 Å². The molecule has 4 aliphatic rings. The minimum absolute atomic E-state index is 0.00532. The van der Waals surface area contributed by atoms with E-state index in [4.69, 9.17) is 0 Å². The first-order chi connectivity index (χ1) is 65.0. The van der Waals surface area contributed by atoms with Gasteiger partial charge in [-0.05, 0) is 267 Å². The molecule has 20 aromatic carbocycles. The molecule has 0 bridgehead atoms. The molecule has 4 aliphatic carbocycles. The van der Waals surface area contributed by atoms with Gasteiger partial charge in [-0.25, -0.2) is 0 Å². The lowest BCUT2D eigenvalue weighted by molar-refractivity contribution is 0.666. The van der Waals surface area contributed by atoms with Crippen LogP contribution < -0.4 is 0 Å². The van der Waals surface area contributed by atoms with Crippen LogP contribution in [0.25, 0.3) is 174 Å². The molecule has 0 saturated heterocycles. The summed E-state index contributed by atoms with van der Waals surface area (Å²) in [6.45, 7) is 67.3. The lowest BCUT2D eigenvalue weighted by atomic mass is 9.78. The van der Waals surface area contributed by atoms with Crippen LogP contribution in [0.1, 0.15) is 272 Å². The van der Waals surface area contributed by atoms with Gasteiger partial charge in [0.2, 0.25) is 0 Å². The second-order valence-electron chi connectivity index (χ2n) is 33.7. The monoisotopic (exact) mass is 1750 g/mol. The molecule has 0 nitrogen and oxygen atoms in total. The minimum atomic E-state index is -0.0203. The second-order valence-corrected chi connectivity index (χ2v) is 33.7. The Labute approximate surface area is 802 Å². The van der Waals surface area contributed by atoms with Crippen LogP contribution in [0.3, 0.4) is 0 Å². The van der Waals surface area contributed by atoms with Crippen molar-refractivity contribution in [3.8, 4) is 44.5 Å². The van der Waals surface area contributed by atoms with Crippen molar-refractivity contribution >= 4 is 129 Å². The molecule has 0 saturated carbocycles. The molecule has 0 radical (unpaired) electrons. The fraction of sp³-hybridized carbons (Fsp3) is 0.278. The van der Waals surface area contributed by atoms with Crippen molar-refractivity contribution < 1.29 is 0 Å². The van der Waals surface area contributed by atoms with Crippen LogP contribution in [-0.2, 0) is 21.7 Å². The van der Waals surface area contributed by atoms with Gasteiger partial charge >= 0.3 is 0 Å². The molecule has 0 atom stereocenters. The summed E-state index contributed by atoms with van der Waals surface area (Å²) in [5.41, 5.74) is 22.9. The summed E-state index contributed by atoms with van der Waals surface area (Å²) >= 11 is 0. The maximum Gasteiger partial charge on any atom is 0.0171 e. The molecule has 0 aromatic heterocycles. The second kappa shape index (κ2) is 47.2. The summed E-state index contributed by atoms with van der Waals surface area (Å²) < 4.78 is 0. The van der Waals surface area contributed by atoms with Gasteiger partial charge in [0.1, 0.15) is 0 Å². The van der Waals surface area contributed by atoms with Crippen LogP contribution in [0.5, 0.6) is 0 Å². The fourth-order valence-electron chi connectivity index (χ4n) is 20.5. The largest absolute Gasteiger partial charge is 0.0683 e. The third-order valence-corrected chi connectivity index (χ3v) is 25.5. The van der Waals surface area contributed by atoms with E-state index in [9.17, 15) is 0 Å². The first-order valence-electron chi connectivity index (χ1n) is 50.9. The molecule has 0 heteroatoms. The zero-order chi connectivity index (χ0) is 97.4. The first kappa shape index (κ1) is 104. The molecule has 0 aliphatic heterocycles. The van der Waals surface area contributed by atoms with Gasteiger partial charge in [0, 0.05) is 21.7 Å². The lowest BCUT2D eigenvalue weighted by Crippen LogP contribution is -2.16. The van der Waals surface area contributed by atoms with E-state index >= 15 is 0 Å². The van der Waals surface area contributed by atoms with Gasteiger partial charge in [-0.2, -0.15) is 0 Å². The van der Waals surface area contributed by atoms with Crippen molar-refractivity contribution in [2.75, 3.05) is 0 Å². The van der Waals surface area contributed by atoms with Crippen molar-refractivity contribution in [3.05, 3.63) is 384 Å². The Morgan fingerprint density at radius 3 is 0.752 bits per heavy atom. The summed E-state index contributed by atoms with van der Waals surface area (Å²) in [6, 6.07) is 126. The Balaban J connectivity index is 0.000000184. The zero-order valence-electron chi connectivity index (χ0n) is 87.0. The van der Waals surface area contributed by atoms with E-state index in [0.29, 0.717) is 0 Å². The predicted octanol–water partition coefficient (Wildman–Crippen LogP) is 42.5. The number of fused-ring (bicyclic) bond motifs is 32. The molecule has 686 valence electrons. The Hall–Kier alpha value is -12.5. The topological polar surface area (TPSA) is 0 Å². The van der Waals surface area contributed by atoms with E-state index in [1.165, 1.54) is 225 Å². The number of benzene rings is 20. The molecule has 0 heterocycles. The number of hydrogen-bond acceptors (Lipinski definition) is 0. The summed E-state index contributed by atoms with van der Waals surface area (Å²) in [5, 5.41) is 32.1. The summed E-state index contributed by atoms with van der Waals surface area (Å²) in [6.07, 6.45) is 1.25. The van der Waals surface area contributed by atoms with E-state index in [0.717, 1.165) is 0 Å². The average Bonchev–Trinajstić information content (AvgIpc) is 1.56. The molecule has 0 N–H and O–H groups in total. The van der Waals surface area contributed by atoms with E-state index in [-0.39, 0.29) is 21.7 Å². The number of hydrogen-bond donors (Lipinski definition) is 0. The normalized spacial score (nSPS) is 12.5. The predicted molar refractivity (Wildman–Crippen MR) is 607 cm³/mol. The van der Waals surface area contributed by atoms with Crippen LogP contribution in [0, 0.1) is 0 Å². The fourth-order valence-corrected chi connectivity index (χ4v) is 20.5. The highest BCUT2D eigenvalue weighted by Gasteiger charge is 2.42. The highest BCUT2D eigenvalue weighted by molar-refractivity contribution is 6.17. The van der Waals surface area contributed by atoms with Gasteiger partial charge in [0.05, 0.1) is 0 Å².